The first-order valence-electron chi connectivity index (χ1n) is 7.95. The summed E-state index contributed by atoms with van der Waals surface area (Å²) in [6.07, 6.45) is 1.94. The average molecular weight is 328 g/mol. The lowest BCUT2D eigenvalue weighted by atomic mass is 9.88. The van der Waals surface area contributed by atoms with E-state index in [1.807, 2.05) is 18.2 Å². The summed E-state index contributed by atoms with van der Waals surface area (Å²) in [7, 11) is 1.69. The number of methoxy groups -OCH3 is 1. The fourth-order valence-corrected chi connectivity index (χ4v) is 3.32. The molecule has 1 aliphatic heterocycles. The molecule has 0 radical (unpaired) electrons. The van der Waals surface area contributed by atoms with Crippen LogP contribution in [0.25, 0.3) is 0 Å². The van der Waals surface area contributed by atoms with Crippen LogP contribution in [-0.2, 0) is 0 Å². The number of phenolic OH excluding ortho intramolecular Hbond substituents is 1. The van der Waals surface area contributed by atoms with E-state index in [0.29, 0.717) is 5.92 Å². The van der Waals surface area contributed by atoms with Crippen LogP contribution in [0.1, 0.15) is 24.3 Å². The monoisotopic (exact) mass is 328 g/mol. The van der Waals surface area contributed by atoms with Gasteiger partial charge in [-0.3, -0.25) is 10.1 Å². The third-order valence-corrected chi connectivity index (χ3v) is 4.59. The van der Waals surface area contributed by atoms with Gasteiger partial charge in [0.05, 0.1) is 12.0 Å². The Hall–Kier alpha value is -2.76. The molecular weight excluding hydrogens is 308 g/mol. The van der Waals surface area contributed by atoms with Crippen molar-refractivity contribution in [1.29, 1.82) is 0 Å². The van der Waals surface area contributed by atoms with Crippen LogP contribution in [0.4, 0.5) is 11.4 Å². The summed E-state index contributed by atoms with van der Waals surface area (Å²) in [5.41, 5.74) is 1.78. The SMILES string of the molecule is COc1ccccc1C1CCN(c2ccc([N+](=O)[O-])c(O)c2)CC1. The van der Waals surface area contributed by atoms with Crippen LogP contribution in [0.3, 0.4) is 0 Å². The molecule has 6 nitrogen and oxygen atoms in total. The van der Waals surface area contributed by atoms with Crippen LogP contribution in [-0.4, -0.2) is 30.2 Å². The van der Waals surface area contributed by atoms with Crippen molar-refractivity contribution < 1.29 is 14.8 Å². The molecule has 1 heterocycles. The lowest BCUT2D eigenvalue weighted by molar-refractivity contribution is -0.385. The molecule has 0 bridgehead atoms. The van der Waals surface area contributed by atoms with E-state index in [1.54, 1.807) is 13.2 Å². The Morgan fingerprint density at radius 2 is 1.92 bits per heavy atom. The van der Waals surface area contributed by atoms with Gasteiger partial charge in [0, 0.05) is 30.9 Å². The van der Waals surface area contributed by atoms with Crippen LogP contribution in [0.15, 0.2) is 42.5 Å². The first-order chi connectivity index (χ1) is 11.6. The van der Waals surface area contributed by atoms with Crippen LogP contribution in [0.2, 0.25) is 0 Å². The lowest BCUT2D eigenvalue weighted by Gasteiger charge is -2.34. The van der Waals surface area contributed by atoms with E-state index in [1.165, 1.54) is 17.7 Å². The van der Waals surface area contributed by atoms with E-state index in [2.05, 4.69) is 11.0 Å². The van der Waals surface area contributed by atoms with Gasteiger partial charge in [-0.2, -0.15) is 0 Å². The minimum atomic E-state index is -0.576. The summed E-state index contributed by atoms with van der Waals surface area (Å²) in [5, 5.41) is 20.6. The van der Waals surface area contributed by atoms with Gasteiger partial charge in [-0.25, -0.2) is 0 Å². The fraction of sp³-hybridized carbons (Fsp3) is 0.333. The summed E-state index contributed by atoms with van der Waals surface area (Å²) in [6, 6.07) is 12.6. The van der Waals surface area contributed by atoms with E-state index in [9.17, 15) is 15.2 Å². The number of piperidine rings is 1. The number of hydrogen-bond donors (Lipinski definition) is 1. The summed E-state index contributed by atoms with van der Waals surface area (Å²) in [6.45, 7) is 1.67. The number of aromatic hydroxyl groups is 1. The molecule has 2 aromatic carbocycles. The molecule has 0 spiro atoms. The zero-order chi connectivity index (χ0) is 17.1. The molecule has 126 valence electrons. The van der Waals surface area contributed by atoms with Crippen LogP contribution in [0.5, 0.6) is 11.5 Å². The lowest BCUT2D eigenvalue weighted by Crippen LogP contribution is -2.32. The Bertz CT molecular complexity index is 740. The number of para-hydroxylation sites is 1. The maximum Gasteiger partial charge on any atom is 0.310 e. The Labute approximate surface area is 140 Å². The quantitative estimate of drug-likeness (QED) is 0.684. The highest BCUT2D eigenvalue weighted by molar-refractivity contribution is 5.59. The van der Waals surface area contributed by atoms with E-state index >= 15 is 0 Å². The third kappa shape index (κ3) is 3.13. The van der Waals surface area contributed by atoms with Crippen molar-refractivity contribution in [3.63, 3.8) is 0 Å². The summed E-state index contributed by atoms with van der Waals surface area (Å²) in [5.74, 6) is 1.07. The molecule has 24 heavy (non-hydrogen) atoms. The van der Waals surface area contributed by atoms with Gasteiger partial charge in [0.2, 0.25) is 0 Å². The van der Waals surface area contributed by atoms with Crippen molar-refractivity contribution >= 4 is 11.4 Å². The molecule has 1 saturated heterocycles. The number of ether oxygens (including phenoxy) is 1. The highest BCUT2D eigenvalue weighted by Gasteiger charge is 2.24. The number of benzene rings is 2. The zero-order valence-corrected chi connectivity index (χ0v) is 13.5. The molecule has 0 aromatic heterocycles. The van der Waals surface area contributed by atoms with Crippen molar-refractivity contribution in [3.8, 4) is 11.5 Å². The number of nitrogens with zero attached hydrogens (tertiary/aromatic N) is 2. The molecule has 0 amide bonds. The molecule has 1 fully saturated rings. The van der Waals surface area contributed by atoms with Gasteiger partial charge in [-0.05, 0) is 36.5 Å². The Morgan fingerprint density at radius 1 is 1.21 bits per heavy atom. The number of anilines is 1. The minimum absolute atomic E-state index is 0.261. The van der Waals surface area contributed by atoms with Gasteiger partial charge in [-0.1, -0.05) is 18.2 Å². The number of hydrogen-bond acceptors (Lipinski definition) is 5. The highest BCUT2D eigenvalue weighted by atomic mass is 16.6. The molecule has 0 saturated carbocycles. The average Bonchev–Trinajstić information content (AvgIpc) is 2.61. The predicted molar refractivity (Wildman–Crippen MR) is 91.9 cm³/mol. The second-order valence-electron chi connectivity index (χ2n) is 5.93. The normalized spacial score (nSPS) is 15.3. The van der Waals surface area contributed by atoms with E-state index < -0.39 is 4.92 Å². The molecule has 0 aliphatic carbocycles. The van der Waals surface area contributed by atoms with Crippen molar-refractivity contribution in [2.75, 3.05) is 25.1 Å². The molecule has 6 heteroatoms. The third-order valence-electron chi connectivity index (χ3n) is 4.59. The van der Waals surface area contributed by atoms with Crippen molar-refractivity contribution in [3.05, 3.63) is 58.1 Å². The van der Waals surface area contributed by atoms with Crippen LogP contribution >= 0.6 is 0 Å². The molecule has 0 atom stereocenters. The predicted octanol–water partition coefficient (Wildman–Crippen LogP) is 3.69. The van der Waals surface area contributed by atoms with Crippen LogP contribution < -0.4 is 9.64 Å². The first-order valence-corrected chi connectivity index (χ1v) is 7.95. The van der Waals surface area contributed by atoms with Gasteiger partial charge in [0.25, 0.3) is 0 Å². The first kappa shape index (κ1) is 16.1. The van der Waals surface area contributed by atoms with Gasteiger partial charge < -0.3 is 14.7 Å². The molecule has 1 aliphatic rings. The standard InChI is InChI=1S/C18H20N2O4/c1-24-18-5-3-2-4-15(18)13-8-10-19(11-9-13)14-6-7-16(20(22)23)17(21)12-14/h2-7,12-13,21H,8-11H2,1H3. The van der Waals surface area contributed by atoms with Gasteiger partial charge in [-0.15, -0.1) is 0 Å². The molecule has 3 rings (SSSR count). The summed E-state index contributed by atoms with van der Waals surface area (Å²) < 4.78 is 5.45. The fourth-order valence-electron chi connectivity index (χ4n) is 3.32. The molecular formula is C18H20N2O4. The number of rotatable bonds is 4. The second kappa shape index (κ2) is 6.78. The Morgan fingerprint density at radius 3 is 2.54 bits per heavy atom. The largest absolute Gasteiger partial charge is 0.502 e. The van der Waals surface area contributed by atoms with Gasteiger partial charge in [0.1, 0.15) is 5.75 Å². The van der Waals surface area contributed by atoms with Crippen molar-refractivity contribution in [2.45, 2.75) is 18.8 Å². The molecule has 0 unspecified atom stereocenters. The maximum absolute atomic E-state index is 10.8. The smallest absolute Gasteiger partial charge is 0.310 e. The molecule has 1 N–H and O–H groups in total. The summed E-state index contributed by atoms with van der Waals surface area (Å²) >= 11 is 0. The van der Waals surface area contributed by atoms with E-state index in [0.717, 1.165) is 37.4 Å². The van der Waals surface area contributed by atoms with Gasteiger partial charge >= 0.3 is 5.69 Å². The maximum atomic E-state index is 10.8. The van der Waals surface area contributed by atoms with Crippen molar-refractivity contribution in [2.24, 2.45) is 0 Å². The highest BCUT2D eigenvalue weighted by Crippen LogP contribution is 2.37. The summed E-state index contributed by atoms with van der Waals surface area (Å²) in [4.78, 5) is 12.4. The zero-order valence-electron chi connectivity index (χ0n) is 13.5. The van der Waals surface area contributed by atoms with E-state index in [-0.39, 0.29) is 11.4 Å². The second-order valence-corrected chi connectivity index (χ2v) is 5.93. The minimum Gasteiger partial charge on any atom is -0.502 e. The Balaban J connectivity index is 1.71. The number of phenols is 1. The van der Waals surface area contributed by atoms with Crippen LogP contribution in [0, 0.1) is 10.1 Å². The van der Waals surface area contributed by atoms with Crippen molar-refractivity contribution in [1.82, 2.24) is 0 Å². The molecule has 2 aromatic rings. The van der Waals surface area contributed by atoms with E-state index in [4.69, 9.17) is 4.74 Å². The number of nitro groups is 1. The number of nitro benzene ring substituents is 1. The van der Waals surface area contributed by atoms with Gasteiger partial charge in [0.15, 0.2) is 5.75 Å². The topological polar surface area (TPSA) is 75.8 Å². The Kier molecular flexibility index (Phi) is 4.55.